The zero-order chi connectivity index (χ0) is 11.8. The van der Waals surface area contributed by atoms with E-state index in [2.05, 4.69) is 5.32 Å². The molecular weight excluding hydrogens is 218 g/mol. The third-order valence-corrected chi connectivity index (χ3v) is 4.19. The van der Waals surface area contributed by atoms with Crippen molar-refractivity contribution < 1.29 is 9.59 Å². The summed E-state index contributed by atoms with van der Waals surface area (Å²) in [7, 11) is 0. The zero-order valence-electron chi connectivity index (χ0n) is 10.0. The number of hydrogen-bond acceptors (Lipinski definition) is 2. The maximum absolute atomic E-state index is 12.0. The average molecular weight is 237 g/mol. The minimum Gasteiger partial charge on any atom is -0.336 e. The molecule has 3 fully saturated rings. The number of piperazine rings is 1. The summed E-state index contributed by atoms with van der Waals surface area (Å²) in [6.07, 6.45) is 5.63. The minimum atomic E-state index is -0.0446. The molecule has 1 atom stereocenters. The SMILES string of the molecule is O=C(NC1CCCC1)N1CC(=O)N2CC[C@@H]2C1. The van der Waals surface area contributed by atoms with Crippen LogP contribution in [0.5, 0.6) is 0 Å². The van der Waals surface area contributed by atoms with Gasteiger partial charge >= 0.3 is 6.03 Å². The molecule has 5 nitrogen and oxygen atoms in total. The molecule has 0 unspecified atom stereocenters. The van der Waals surface area contributed by atoms with E-state index in [1.807, 2.05) is 4.90 Å². The van der Waals surface area contributed by atoms with Crippen molar-refractivity contribution in [3.8, 4) is 0 Å². The predicted molar refractivity (Wildman–Crippen MR) is 62.5 cm³/mol. The summed E-state index contributed by atoms with van der Waals surface area (Å²) in [5.41, 5.74) is 0. The highest BCUT2D eigenvalue weighted by molar-refractivity contribution is 5.86. The number of rotatable bonds is 1. The molecule has 3 aliphatic rings. The van der Waals surface area contributed by atoms with Crippen LogP contribution in [0.4, 0.5) is 4.79 Å². The van der Waals surface area contributed by atoms with Gasteiger partial charge in [0.2, 0.25) is 5.91 Å². The molecule has 3 rings (SSSR count). The highest BCUT2D eigenvalue weighted by Gasteiger charge is 2.40. The molecule has 2 saturated heterocycles. The third-order valence-electron chi connectivity index (χ3n) is 4.19. The van der Waals surface area contributed by atoms with E-state index in [0.29, 0.717) is 12.6 Å². The molecule has 0 aromatic carbocycles. The van der Waals surface area contributed by atoms with Gasteiger partial charge in [0.1, 0.15) is 6.54 Å². The zero-order valence-corrected chi connectivity index (χ0v) is 10.0. The van der Waals surface area contributed by atoms with Crippen molar-refractivity contribution in [1.82, 2.24) is 15.1 Å². The van der Waals surface area contributed by atoms with Gasteiger partial charge in [-0.25, -0.2) is 4.79 Å². The van der Waals surface area contributed by atoms with Crippen LogP contribution in [0.2, 0.25) is 0 Å². The fourth-order valence-electron chi connectivity index (χ4n) is 3.02. The van der Waals surface area contributed by atoms with Crippen molar-refractivity contribution in [3.05, 3.63) is 0 Å². The monoisotopic (exact) mass is 237 g/mol. The topological polar surface area (TPSA) is 52.7 Å². The molecule has 0 aromatic rings. The number of carbonyl (C=O) groups excluding carboxylic acids is 2. The van der Waals surface area contributed by atoms with Gasteiger partial charge in [0, 0.05) is 19.1 Å². The van der Waals surface area contributed by atoms with Gasteiger partial charge in [-0.3, -0.25) is 4.79 Å². The normalized spacial score (nSPS) is 28.9. The molecule has 1 saturated carbocycles. The highest BCUT2D eigenvalue weighted by Crippen LogP contribution is 2.23. The number of urea groups is 1. The molecule has 2 heterocycles. The van der Waals surface area contributed by atoms with E-state index in [4.69, 9.17) is 0 Å². The highest BCUT2D eigenvalue weighted by atomic mass is 16.2. The van der Waals surface area contributed by atoms with E-state index in [1.165, 1.54) is 12.8 Å². The van der Waals surface area contributed by atoms with Crippen LogP contribution in [-0.2, 0) is 4.79 Å². The van der Waals surface area contributed by atoms with Gasteiger partial charge in [0.25, 0.3) is 0 Å². The van der Waals surface area contributed by atoms with E-state index in [1.54, 1.807) is 4.90 Å². The molecule has 0 spiro atoms. The van der Waals surface area contributed by atoms with Crippen LogP contribution >= 0.6 is 0 Å². The fourth-order valence-corrected chi connectivity index (χ4v) is 3.02. The fraction of sp³-hybridized carbons (Fsp3) is 0.833. The van der Waals surface area contributed by atoms with Crippen molar-refractivity contribution in [2.75, 3.05) is 19.6 Å². The first kappa shape index (κ1) is 10.9. The van der Waals surface area contributed by atoms with Crippen LogP contribution in [-0.4, -0.2) is 53.5 Å². The lowest BCUT2D eigenvalue weighted by Crippen LogP contribution is -2.65. The Morgan fingerprint density at radius 1 is 1.24 bits per heavy atom. The Labute approximate surface area is 101 Å². The molecule has 94 valence electrons. The van der Waals surface area contributed by atoms with E-state index in [-0.39, 0.29) is 24.5 Å². The van der Waals surface area contributed by atoms with Crippen LogP contribution in [0.3, 0.4) is 0 Å². The van der Waals surface area contributed by atoms with Gasteiger partial charge in [-0.2, -0.15) is 0 Å². The molecule has 0 bridgehead atoms. The molecule has 1 aliphatic carbocycles. The maximum Gasteiger partial charge on any atom is 0.318 e. The second kappa shape index (κ2) is 4.20. The first-order valence-corrected chi connectivity index (χ1v) is 6.59. The van der Waals surface area contributed by atoms with E-state index in [9.17, 15) is 9.59 Å². The van der Waals surface area contributed by atoms with Crippen LogP contribution in [0.1, 0.15) is 32.1 Å². The Morgan fingerprint density at radius 2 is 2.00 bits per heavy atom. The molecule has 3 amide bonds. The van der Waals surface area contributed by atoms with Gasteiger partial charge < -0.3 is 15.1 Å². The van der Waals surface area contributed by atoms with Gasteiger partial charge in [-0.15, -0.1) is 0 Å². The Bertz CT molecular complexity index is 339. The Balaban J connectivity index is 1.56. The summed E-state index contributed by atoms with van der Waals surface area (Å²) in [4.78, 5) is 27.3. The summed E-state index contributed by atoms with van der Waals surface area (Å²) in [5, 5.41) is 3.04. The number of nitrogens with one attached hydrogen (secondary N) is 1. The number of hydrogen-bond donors (Lipinski definition) is 1. The Hall–Kier alpha value is -1.26. The van der Waals surface area contributed by atoms with Gasteiger partial charge in [-0.05, 0) is 19.3 Å². The van der Waals surface area contributed by atoms with Crippen LogP contribution < -0.4 is 5.32 Å². The average Bonchev–Trinajstić information content (AvgIpc) is 2.73. The van der Waals surface area contributed by atoms with Crippen molar-refractivity contribution >= 4 is 11.9 Å². The molecule has 0 aromatic heterocycles. The third kappa shape index (κ3) is 1.98. The summed E-state index contributed by atoms with van der Waals surface area (Å²) in [6.45, 7) is 1.85. The lowest BCUT2D eigenvalue weighted by atomic mass is 9.99. The second-order valence-corrected chi connectivity index (χ2v) is 5.34. The number of nitrogens with zero attached hydrogens (tertiary/aromatic N) is 2. The van der Waals surface area contributed by atoms with Crippen molar-refractivity contribution in [2.45, 2.75) is 44.2 Å². The van der Waals surface area contributed by atoms with Crippen LogP contribution in [0, 0.1) is 0 Å². The van der Waals surface area contributed by atoms with Crippen molar-refractivity contribution in [3.63, 3.8) is 0 Å². The number of fused-ring (bicyclic) bond motifs is 1. The summed E-state index contributed by atoms with van der Waals surface area (Å²) in [5.74, 6) is 0.106. The smallest absolute Gasteiger partial charge is 0.318 e. The summed E-state index contributed by atoms with van der Waals surface area (Å²) in [6, 6.07) is 0.569. The lowest BCUT2D eigenvalue weighted by molar-refractivity contribution is -0.145. The molecule has 2 aliphatic heterocycles. The van der Waals surface area contributed by atoms with E-state index < -0.39 is 0 Å². The Kier molecular flexibility index (Phi) is 2.68. The Morgan fingerprint density at radius 3 is 2.59 bits per heavy atom. The van der Waals surface area contributed by atoms with Gasteiger partial charge in [0.05, 0.1) is 6.04 Å². The summed E-state index contributed by atoms with van der Waals surface area (Å²) >= 11 is 0. The largest absolute Gasteiger partial charge is 0.336 e. The molecule has 5 heteroatoms. The predicted octanol–water partition coefficient (Wildman–Crippen LogP) is 0.555. The minimum absolute atomic E-state index is 0.0446. The van der Waals surface area contributed by atoms with Crippen molar-refractivity contribution in [1.29, 1.82) is 0 Å². The standard InChI is InChI=1S/C12H19N3O2/c16-11-8-14(7-10-5-6-15(10)11)12(17)13-9-3-1-2-4-9/h9-10H,1-8H2,(H,13,17)/t10-/m1/s1. The quantitative estimate of drug-likeness (QED) is 0.724. The number of carbonyl (C=O) groups is 2. The van der Waals surface area contributed by atoms with Gasteiger partial charge in [0.15, 0.2) is 0 Å². The maximum atomic E-state index is 12.0. The first-order valence-electron chi connectivity index (χ1n) is 6.59. The first-order chi connectivity index (χ1) is 8.24. The number of amides is 3. The molecular formula is C12H19N3O2. The van der Waals surface area contributed by atoms with Gasteiger partial charge in [-0.1, -0.05) is 12.8 Å². The van der Waals surface area contributed by atoms with Crippen LogP contribution in [0.15, 0.2) is 0 Å². The molecule has 1 N–H and O–H groups in total. The molecule has 0 radical (unpaired) electrons. The summed E-state index contributed by atoms with van der Waals surface area (Å²) < 4.78 is 0. The lowest BCUT2D eigenvalue weighted by Gasteiger charge is -2.48. The second-order valence-electron chi connectivity index (χ2n) is 5.34. The van der Waals surface area contributed by atoms with Crippen LogP contribution in [0.25, 0.3) is 0 Å². The molecule has 17 heavy (non-hydrogen) atoms. The van der Waals surface area contributed by atoms with E-state index >= 15 is 0 Å². The van der Waals surface area contributed by atoms with Crippen molar-refractivity contribution in [2.24, 2.45) is 0 Å². The van der Waals surface area contributed by atoms with E-state index in [0.717, 1.165) is 25.8 Å².